The molecule has 0 unspecified atom stereocenters. The van der Waals surface area contributed by atoms with E-state index < -0.39 is 5.82 Å². The van der Waals surface area contributed by atoms with Gasteiger partial charge in [-0.3, -0.25) is 24.4 Å². The van der Waals surface area contributed by atoms with E-state index in [-0.39, 0.29) is 53.6 Å². The molecule has 12 rings (SSSR count). The molecule has 4 aliphatic carbocycles. The second-order valence-electron chi connectivity index (χ2n) is 30.0. The molecule has 109 heavy (non-hydrogen) atoms. The summed E-state index contributed by atoms with van der Waals surface area (Å²) in [5, 5.41) is 45.6. The highest BCUT2D eigenvalue weighted by atomic mass is 35.5. The predicted molar refractivity (Wildman–Crippen MR) is 422 cm³/mol. The lowest BCUT2D eigenvalue weighted by Crippen LogP contribution is -2.25. The minimum atomic E-state index is -0.413. The number of ketones is 3. The number of nitrogens with zero attached hydrogens (tertiary/aromatic N) is 9. The first-order chi connectivity index (χ1) is 52.3. The van der Waals surface area contributed by atoms with Crippen LogP contribution >= 0.6 is 46.4 Å². The molecule has 1 N–H and O–H groups in total. The zero-order chi connectivity index (χ0) is 78.3. The van der Waals surface area contributed by atoms with Crippen LogP contribution in [0.2, 0.25) is 20.1 Å². The molecule has 0 atom stereocenters. The molecule has 0 aliphatic heterocycles. The molecule has 4 aromatic carbocycles. The largest absolute Gasteiger partial charge is 0.490 e. The van der Waals surface area contributed by atoms with Gasteiger partial charge in [0.05, 0.1) is 78.1 Å². The summed E-state index contributed by atoms with van der Waals surface area (Å²) in [6.07, 6.45) is 22.3. The second kappa shape index (κ2) is 41.0. The molecule has 4 saturated carbocycles. The van der Waals surface area contributed by atoms with Crippen LogP contribution in [0.5, 0.6) is 23.0 Å². The Morgan fingerprint density at radius 1 is 0.431 bits per heavy atom. The Morgan fingerprint density at radius 2 is 0.826 bits per heavy atom. The fraction of sp³-hybridized carbons (Fsp3) is 0.448. The van der Waals surface area contributed by atoms with Crippen LogP contribution in [0.3, 0.4) is 0 Å². The van der Waals surface area contributed by atoms with Crippen molar-refractivity contribution in [1.82, 2.24) is 30.1 Å². The number of aromatic amines is 1. The number of pyridine rings is 2. The van der Waals surface area contributed by atoms with Gasteiger partial charge in [0.2, 0.25) is 0 Å². The summed E-state index contributed by atoms with van der Waals surface area (Å²) in [4.78, 5) is 54.0. The molecule has 0 bridgehead atoms. The van der Waals surface area contributed by atoms with Gasteiger partial charge >= 0.3 is 0 Å². The quantitative estimate of drug-likeness (QED) is 0.0618. The summed E-state index contributed by atoms with van der Waals surface area (Å²) in [6.45, 7) is 16.4. The Labute approximate surface area is 660 Å². The van der Waals surface area contributed by atoms with Crippen LogP contribution in [0.1, 0.15) is 289 Å². The van der Waals surface area contributed by atoms with E-state index in [1.807, 2.05) is 68.7 Å². The van der Waals surface area contributed by atoms with Gasteiger partial charge in [-0.05, 0) is 217 Å². The monoisotopic (exact) mass is 1550 g/mol. The molecule has 22 heteroatoms. The SMILES string of the molecule is CC(C)c1ccc(C(=O)CC2CCC(Oc3ccc(C#N)c(Cl)c3)CC2)nc1.CC(C)c1ccc(C(=O)CC2CCC(Oc3ccc(C#N)c(Cl)c3)CC2)nn1.CC(C)c1ncc(C(=O)CC2CCC(Oc3ccc(C#N)c(Cl)c3)CC2)cc1F.CC(C)c1ncc(C2CCC(Oc3ccc(C#N)c(Cl)c3)CC2)[nH]1. The Hall–Kier alpha value is -9.27. The van der Waals surface area contributed by atoms with Gasteiger partial charge in [0.1, 0.15) is 70.3 Å². The normalized spacial score (nSPS) is 19.5. The average Bonchev–Trinajstić information content (AvgIpc) is 1.83. The van der Waals surface area contributed by atoms with Gasteiger partial charge in [-0.25, -0.2) is 9.37 Å². The van der Waals surface area contributed by atoms with Gasteiger partial charge in [-0.2, -0.15) is 26.1 Å². The summed E-state index contributed by atoms with van der Waals surface area (Å²) < 4.78 is 38.2. The van der Waals surface area contributed by atoms with Gasteiger partial charge in [0.15, 0.2) is 17.3 Å². The Balaban J connectivity index is 0.000000168. The van der Waals surface area contributed by atoms with E-state index in [2.05, 4.69) is 77.7 Å². The number of H-pyrrole nitrogens is 1. The number of benzene rings is 4. The minimum absolute atomic E-state index is 0.0135. The number of Topliss-reactive ketones (excluding diaryl/α,β-unsaturated/α-hetero) is 3. The third kappa shape index (κ3) is 24.9. The summed E-state index contributed by atoms with van der Waals surface area (Å²) >= 11 is 24.2. The van der Waals surface area contributed by atoms with E-state index in [0.29, 0.717) is 137 Å². The van der Waals surface area contributed by atoms with Crippen molar-refractivity contribution in [2.24, 2.45) is 17.8 Å². The van der Waals surface area contributed by atoms with Crippen LogP contribution < -0.4 is 18.9 Å². The smallest absolute Gasteiger partial charge is 0.183 e. The molecular weight excluding hydrogens is 1460 g/mol. The molecule has 0 spiro atoms. The first-order valence-electron chi connectivity index (χ1n) is 37.9. The number of hydrogen-bond acceptors (Lipinski definition) is 16. The third-order valence-corrected chi connectivity index (χ3v) is 21.8. The van der Waals surface area contributed by atoms with Crippen LogP contribution in [-0.4, -0.2) is 71.9 Å². The average molecular weight is 1550 g/mol. The lowest BCUT2D eigenvalue weighted by Gasteiger charge is -2.28. The topological polar surface area (TPSA) is 264 Å². The highest BCUT2D eigenvalue weighted by Crippen LogP contribution is 2.38. The Bertz CT molecular complexity index is 4400. The molecular formula is C87H95Cl4FN10O7. The van der Waals surface area contributed by atoms with E-state index in [9.17, 15) is 18.8 Å². The summed E-state index contributed by atoms with van der Waals surface area (Å²) in [6, 6.07) is 37.6. The number of nitriles is 4. The van der Waals surface area contributed by atoms with E-state index in [4.69, 9.17) is 86.4 Å². The summed E-state index contributed by atoms with van der Waals surface area (Å²) in [5.41, 5.74) is 6.85. The van der Waals surface area contributed by atoms with Gasteiger partial charge in [0.25, 0.3) is 0 Å². The maximum Gasteiger partial charge on any atom is 0.183 e. The van der Waals surface area contributed by atoms with Crippen molar-refractivity contribution in [3.05, 3.63) is 215 Å². The number of nitrogens with one attached hydrogen (secondary N) is 1. The first-order valence-corrected chi connectivity index (χ1v) is 39.4. The molecule has 0 amide bonds. The molecule has 4 aromatic heterocycles. The van der Waals surface area contributed by atoms with Gasteiger partial charge in [-0.15, -0.1) is 5.10 Å². The zero-order valence-corrected chi connectivity index (χ0v) is 66.2. The Morgan fingerprint density at radius 3 is 1.15 bits per heavy atom. The Kier molecular flexibility index (Phi) is 31.5. The van der Waals surface area contributed by atoms with Crippen LogP contribution in [0, 0.1) is 68.9 Å². The third-order valence-electron chi connectivity index (χ3n) is 20.6. The summed E-state index contributed by atoms with van der Waals surface area (Å²) in [7, 11) is 0. The number of carbonyl (C=O) groups is 3. The molecule has 4 aliphatic rings. The number of ether oxygens (including phenoxy) is 4. The van der Waals surface area contributed by atoms with Gasteiger partial charge < -0.3 is 23.9 Å². The zero-order valence-electron chi connectivity index (χ0n) is 63.2. The van der Waals surface area contributed by atoms with E-state index in [1.54, 1.807) is 72.8 Å². The molecule has 570 valence electrons. The maximum atomic E-state index is 14.1. The standard InChI is InChI=1S/C23H24ClFN2O2.C23H25ClN2O2.C22H24ClN3O2.C19H22ClN3O/c1-14(2)23-21(25)10-17(13-27-23)22(28)9-15-3-6-18(7-4-15)29-19-8-5-16(12-26)20(24)11-19;1-15(2)18-6-10-22(26-14-18)23(27)11-16-3-7-19(8-4-16)28-20-9-5-17(13-25)21(24)12-20;1-14(2)20-9-10-21(26-25-20)22(27)11-15-3-6-17(7-4-15)28-18-8-5-16(13-24)19(23)12-18;1-12(2)19-22-11-18(23-19)13-3-6-15(7-4-13)24-16-8-5-14(10-21)17(20)9-16/h5,8,10-11,13-15,18H,3-4,6-7,9H2,1-2H3;5-6,9-10,12,14-16,19H,3-4,7-8,11H2,1-2H3;5,8-10,12,14-15,17H,3-4,6-7,11H2,1-2H3;5,8-9,11-13,15H,3-4,6-7H2,1-2H3,(H,22,23). The molecule has 8 aromatic rings. The van der Waals surface area contributed by atoms with Gasteiger partial charge in [-0.1, -0.05) is 108 Å². The molecule has 0 radical (unpaired) electrons. The lowest BCUT2D eigenvalue weighted by atomic mass is 9.83. The van der Waals surface area contributed by atoms with E-state index in [0.717, 1.165) is 126 Å². The van der Waals surface area contributed by atoms with Crippen LogP contribution in [0.15, 0.2) is 122 Å². The van der Waals surface area contributed by atoms with Crippen molar-refractivity contribution in [1.29, 1.82) is 21.0 Å². The van der Waals surface area contributed by atoms with Gasteiger partial charge in [0, 0.05) is 85.2 Å². The molecule has 17 nitrogen and oxygen atoms in total. The van der Waals surface area contributed by atoms with Crippen molar-refractivity contribution < 1.29 is 37.7 Å². The van der Waals surface area contributed by atoms with Crippen LogP contribution in [0.4, 0.5) is 4.39 Å². The second-order valence-corrected chi connectivity index (χ2v) is 31.7. The lowest BCUT2D eigenvalue weighted by molar-refractivity contribution is 0.0892. The number of aromatic nitrogens is 6. The molecule has 4 heterocycles. The van der Waals surface area contributed by atoms with Crippen molar-refractivity contribution >= 4 is 63.8 Å². The van der Waals surface area contributed by atoms with E-state index >= 15 is 0 Å². The fourth-order valence-corrected chi connectivity index (χ4v) is 14.8. The van der Waals surface area contributed by atoms with Crippen molar-refractivity contribution in [2.75, 3.05) is 0 Å². The fourth-order valence-electron chi connectivity index (χ4n) is 14.0. The molecule has 4 fully saturated rings. The maximum absolute atomic E-state index is 14.1. The highest BCUT2D eigenvalue weighted by Gasteiger charge is 2.30. The summed E-state index contributed by atoms with van der Waals surface area (Å²) in [5.74, 6) is 6.21. The number of halogens is 5. The number of imidazole rings is 1. The van der Waals surface area contributed by atoms with Crippen molar-refractivity contribution in [3.8, 4) is 47.3 Å². The highest BCUT2D eigenvalue weighted by molar-refractivity contribution is 6.33. The number of rotatable bonds is 22. The predicted octanol–water partition coefficient (Wildman–Crippen LogP) is 22.5. The van der Waals surface area contributed by atoms with Crippen LogP contribution in [-0.2, 0) is 0 Å². The molecule has 0 saturated heterocycles. The first kappa shape index (κ1) is 83.8. The number of carbonyl (C=O) groups excluding carboxylic acids is 3. The van der Waals surface area contributed by atoms with Crippen LogP contribution in [0.25, 0.3) is 0 Å². The van der Waals surface area contributed by atoms with E-state index in [1.165, 1.54) is 18.0 Å². The van der Waals surface area contributed by atoms with Crippen molar-refractivity contribution in [2.45, 2.75) is 231 Å². The van der Waals surface area contributed by atoms with Crippen molar-refractivity contribution in [3.63, 3.8) is 0 Å². The number of hydrogen-bond donors (Lipinski definition) is 1. The minimum Gasteiger partial charge on any atom is -0.490 e.